The number of hydrogen-bond acceptors (Lipinski definition) is 6. The maximum absolute atomic E-state index is 12.7. The van der Waals surface area contributed by atoms with Gasteiger partial charge in [0.2, 0.25) is 0 Å². The Kier molecular flexibility index (Phi) is 5.07. The molecule has 130 valence electrons. The fourth-order valence-electron chi connectivity index (χ4n) is 2.81. The van der Waals surface area contributed by atoms with E-state index in [4.69, 9.17) is 0 Å². The Morgan fingerprint density at radius 1 is 1.50 bits per heavy atom. The molecule has 0 saturated heterocycles. The minimum Gasteiger partial charge on any atom is -0.478 e. The molecule has 0 unspecified atom stereocenters. The largest absolute Gasteiger partial charge is 0.478 e. The first kappa shape index (κ1) is 17.6. The molecule has 0 aliphatic carbocycles. The van der Waals surface area contributed by atoms with E-state index in [2.05, 4.69) is 10.0 Å². The number of hydrogen-bond donors (Lipinski definition) is 3. The number of thiophene rings is 2. The molecule has 0 radical (unpaired) electrons. The van der Waals surface area contributed by atoms with Crippen molar-refractivity contribution in [2.24, 2.45) is 0 Å². The maximum atomic E-state index is 12.7. The SMILES string of the molecule is C[C@H](Cc1cccs1)NS(=O)(=O)c1sc2c(c1C(=O)O)CCNC2. The van der Waals surface area contributed by atoms with Gasteiger partial charge in [-0.25, -0.2) is 17.9 Å². The predicted molar refractivity (Wildman–Crippen MR) is 94.5 cm³/mol. The number of sulfonamides is 1. The summed E-state index contributed by atoms with van der Waals surface area (Å²) in [5.74, 6) is -1.18. The summed E-state index contributed by atoms with van der Waals surface area (Å²) in [4.78, 5) is 13.5. The van der Waals surface area contributed by atoms with Gasteiger partial charge < -0.3 is 10.4 Å². The van der Waals surface area contributed by atoms with Crippen LogP contribution in [-0.4, -0.2) is 32.1 Å². The zero-order valence-electron chi connectivity index (χ0n) is 13.0. The molecule has 1 atom stereocenters. The summed E-state index contributed by atoms with van der Waals surface area (Å²) in [6, 6.07) is 3.56. The minimum atomic E-state index is -3.87. The Morgan fingerprint density at radius 3 is 2.96 bits per heavy atom. The Balaban J connectivity index is 1.89. The molecule has 0 fully saturated rings. The lowest BCUT2D eigenvalue weighted by atomic mass is 10.1. The highest BCUT2D eigenvalue weighted by Gasteiger charge is 2.32. The molecule has 3 N–H and O–H groups in total. The van der Waals surface area contributed by atoms with E-state index in [0.717, 1.165) is 21.1 Å². The number of nitrogens with one attached hydrogen (secondary N) is 2. The van der Waals surface area contributed by atoms with Crippen LogP contribution in [0.2, 0.25) is 0 Å². The van der Waals surface area contributed by atoms with Crippen LogP contribution >= 0.6 is 22.7 Å². The molecule has 1 aliphatic heterocycles. The van der Waals surface area contributed by atoms with Gasteiger partial charge in [-0.3, -0.25) is 0 Å². The lowest BCUT2D eigenvalue weighted by Crippen LogP contribution is -2.34. The number of carboxylic acids is 1. The molecule has 0 amide bonds. The van der Waals surface area contributed by atoms with Crippen LogP contribution in [0.1, 0.15) is 32.6 Å². The van der Waals surface area contributed by atoms with Gasteiger partial charge in [0.05, 0.1) is 5.56 Å². The molecule has 0 saturated carbocycles. The Morgan fingerprint density at radius 2 is 2.29 bits per heavy atom. The summed E-state index contributed by atoms with van der Waals surface area (Å²) in [7, 11) is -3.87. The molecule has 0 aromatic carbocycles. The van der Waals surface area contributed by atoms with E-state index in [1.54, 1.807) is 18.3 Å². The summed E-state index contributed by atoms with van der Waals surface area (Å²) in [5, 5.41) is 14.6. The number of aromatic carboxylic acids is 1. The van der Waals surface area contributed by atoms with Gasteiger partial charge in [0.1, 0.15) is 4.21 Å². The van der Waals surface area contributed by atoms with E-state index in [1.165, 1.54) is 0 Å². The van der Waals surface area contributed by atoms with E-state index < -0.39 is 16.0 Å². The normalized spacial score (nSPS) is 15.9. The lowest BCUT2D eigenvalue weighted by molar-refractivity contribution is 0.0692. The first-order valence-corrected chi connectivity index (χ1v) is 10.7. The standard InChI is InChI=1S/C15H18N2O4S3/c1-9(7-10-3-2-6-22-10)17-24(20,21)15-13(14(18)19)11-4-5-16-8-12(11)23-15/h2-3,6,9,16-17H,4-5,7-8H2,1H3,(H,18,19)/t9-/m1/s1. The van der Waals surface area contributed by atoms with Gasteiger partial charge in [-0.05, 0) is 43.3 Å². The second-order valence-electron chi connectivity index (χ2n) is 5.70. The summed E-state index contributed by atoms with van der Waals surface area (Å²) in [6.45, 7) is 2.96. The molecular weight excluding hydrogens is 368 g/mol. The smallest absolute Gasteiger partial charge is 0.338 e. The van der Waals surface area contributed by atoms with Crippen molar-refractivity contribution in [2.45, 2.75) is 36.6 Å². The molecule has 0 spiro atoms. The molecule has 1 aliphatic rings. The lowest BCUT2D eigenvalue weighted by Gasteiger charge is -2.13. The fraction of sp³-hybridized carbons (Fsp3) is 0.400. The van der Waals surface area contributed by atoms with Gasteiger partial charge in [-0.15, -0.1) is 22.7 Å². The van der Waals surface area contributed by atoms with Gasteiger partial charge in [-0.2, -0.15) is 0 Å². The molecular formula is C15H18N2O4S3. The van der Waals surface area contributed by atoms with Crippen LogP contribution in [0.4, 0.5) is 0 Å². The summed E-state index contributed by atoms with van der Waals surface area (Å²) in [5.41, 5.74) is 0.588. The first-order chi connectivity index (χ1) is 11.4. The molecule has 2 aromatic rings. The zero-order chi connectivity index (χ0) is 17.3. The molecule has 6 nitrogen and oxygen atoms in total. The Bertz CT molecular complexity index is 840. The van der Waals surface area contributed by atoms with Crippen LogP contribution in [0.15, 0.2) is 21.7 Å². The quantitative estimate of drug-likeness (QED) is 0.706. The van der Waals surface area contributed by atoms with Gasteiger partial charge in [0.15, 0.2) is 0 Å². The van der Waals surface area contributed by atoms with Crippen LogP contribution in [0.5, 0.6) is 0 Å². The Labute approximate surface area is 148 Å². The van der Waals surface area contributed by atoms with Crippen LogP contribution in [0, 0.1) is 0 Å². The molecule has 2 aromatic heterocycles. The van der Waals surface area contributed by atoms with Crippen LogP contribution < -0.4 is 10.0 Å². The fourth-order valence-corrected chi connectivity index (χ4v) is 6.76. The van der Waals surface area contributed by atoms with E-state index in [9.17, 15) is 18.3 Å². The maximum Gasteiger partial charge on any atom is 0.338 e. The van der Waals surface area contributed by atoms with Crippen LogP contribution in [-0.2, 0) is 29.4 Å². The van der Waals surface area contributed by atoms with E-state index in [1.807, 2.05) is 17.5 Å². The summed E-state index contributed by atoms with van der Waals surface area (Å²) < 4.78 is 28.0. The zero-order valence-corrected chi connectivity index (χ0v) is 15.5. The molecule has 0 bridgehead atoms. The number of carboxylic acid groups (broad SMARTS) is 1. The number of carbonyl (C=O) groups is 1. The second kappa shape index (κ2) is 6.93. The van der Waals surface area contributed by atoms with Crippen molar-refractivity contribution < 1.29 is 18.3 Å². The topological polar surface area (TPSA) is 95.5 Å². The van der Waals surface area contributed by atoms with Gasteiger partial charge in [0.25, 0.3) is 10.0 Å². The van der Waals surface area contributed by atoms with Gasteiger partial charge in [-0.1, -0.05) is 6.07 Å². The average Bonchev–Trinajstić information content (AvgIpc) is 3.13. The van der Waals surface area contributed by atoms with Crippen molar-refractivity contribution >= 4 is 38.7 Å². The third kappa shape index (κ3) is 3.55. The second-order valence-corrected chi connectivity index (χ2v) is 9.75. The molecule has 9 heteroatoms. The third-order valence-corrected chi connectivity index (χ3v) is 8.04. The monoisotopic (exact) mass is 386 g/mol. The molecule has 24 heavy (non-hydrogen) atoms. The average molecular weight is 387 g/mol. The van der Waals surface area contributed by atoms with E-state index in [0.29, 0.717) is 31.5 Å². The predicted octanol–water partition coefficient (Wildman–Crippen LogP) is 2.06. The Hall–Kier alpha value is -1.26. The third-order valence-electron chi connectivity index (χ3n) is 3.80. The van der Waals surface area contributed by atoms with Crippen molar-refractivity contribution in [3.8, 4) is 0 Å². The van der Waals surface area contributed by atoms with Gasteiger partial charge >= 0.3 is 5.97 Å². The molecule has 3 rings (SSSR count). The highest BCUT2D eigenvalue weighted by atomic mass is 32.2. The van der Waals surface area contributed by atoms with Gasteiger partial charge in [0, 0.05) is 22.3 Å². The summed E-state index contributed by atoms with van der Waals surface area (Å²) >= 11 is 2.62. The van der Waals surface area contributed by atoms with E-state index in [-0.39, 0.29) is 15.8 Å². The van der Waals surface area contributed by atoms with Crippen molar-refractivity contribution in [1.29, 1.82) is 0 Å². The van der Waals surface area contributed by atoms with E-state index >= 15 is 0 Å². The minimum absolute atomic E-state index is 0.0627. The highest BCUT2D eigenvalue weighted by Crippen LogP contribution is 2.34. The highest BCUT2D eigenvalue weighted by molar-refractivity contribution is 7.91. The van der Waals surface area contributed by atoms with Crippen molar-refractivity contribution in [1.82, 2.24) is 10.0 Å². The van der Waals surface area contributed by atoms with Crippen molar-refractivity contribution in [2.75, 3.05) is 6.54 Å². The first-order valence-electron chi connectivity index (χ1n) is 7.51. The number of rotatable bonds is 6. The molecule has 3 heterocycles. The number of fused-ring (bicyclic) bond motifs is 1. The van der Waals surface area contributed by atoms with Crippen LogP contribution in [0.3, 0.4) is 0 Å². The summed E-state index contributed by atoms with van der Waals surface area (Å²) in [6.07, 6.45) is 1.11. The van der Waals surface area contributed by atoms with Crippen molar-refractivity contribution in [3.63, 3.8) is 0 Å². The van der Waals surface area contributed by atoms with Crippen molar-refractivity contribution in [3.05, 3.63) is 38.4 Å². The van der Waals surface area contributed by atoms with Crippen LogP contribution in [0.25, 0.3) is 0 Å².